The summed E-state index contributed by atoms with van der Waals surface area (Å²) in [6.07, 6.45) is 2.56. The zero-order valence-electron chi connectivity index (χ0n) is 10.6. The van der Waals surface area contributed by atoms with Gasteiger partial charge in [0.05, 0.1) is 0 Å². The summed E-state index contributed by atoms with van der Waals surface area (Å²) in [6.45, 7) is 5.63. The van der Waals surface area contributed by atoms with Crippen molar-refractivity contribution < 1.29 is 0 Å². The molecule has 1 fully saturated rings. The lowest BCUT2D eigenvalue weighted by Crippen LogP contribution is -2.38. The highest BCUT2D eigenvalue weighted by Gasteiger charge is 2.38. The lowest BCUT2D eigenvalue weighted by molar-refractivity contribution is 0.246. The maximum atomic E-state index is 8.33. The summed E-state index contributed by atoms with van der Waals surface area (Å²) >= 11 is 0. The number of amidine groups is 1. The van der Waals surface area contributed by atoms with Gasteiger partial charge in [0.15, 0.2) is 0 Å². The molecule has 1 aliphatic carbocycles. The van der Waals surface area contributed by atoms with Crippen LogP contribution < -0.4 is 0 Å². The Kier molecular flexibility index (Phi) is 2.46. The average Bonchev–Trinajstić information content (AvgIpc) is 2.83. The van der Waals surface area contributed by atoms with E-state index in [0.717, 1.165) is 23.9 Å². The van der Waals surface area contributed by atoms with Gasteiger partial charge in [-0.3, -0.25) is 5.41 Å². The van der Waals surface area contributed by atoms with Crippen molar-refractivity contribution in [2.75, 3.05) is 0 Å². The smallest absolute Gasteiger partial charge is 0.128 e. The maximum absolute atomic E-state index is 8.33. The van der Waals surface area contributed by atoms with E-state index in [-0.39, 0.29) is 0 Å². The average molecular weight is 228 g/mol. The van der Waals surface area contributed by atoms with Gasteiger partial charge in [0.1, 0.15) is 5.84 Å². The van der Waals surface area contributed by atoms with Crippen molar-refractivity contribution in [1.82, 2.24) is 4.90 Å². The van der Waals surface area contributed by atoms with Gasteiger partial charge in [0.2, 0.25) is 0 Å². The molecule has 0 radical (unpaired) electrons. The molecule has 3 rings (SSSR count). The van der Waals surface area contributed by atoms with Crippen LogP contribution in [-0.4, -0.2) is 16.8 Å². The zero-order chi connectivity index (χ0) is 12.0. The SMILES string of the molecule is CC1CCC(N2Cc3ccccc3C2=N)C1C. The van der Waals surface area contributed by atoms with Crippen LogP contribution in [-0.2, 0) is 6.54 Å². The van der Waals surface area contributed by atoms with Crippen LogP contribution in [0.5, 0.6) is 0 Å². The second kappa shape index (κ2) is 3.86. The van der Waals surface area contributed by atoms with Crippen LogP contribution in [0.3, 0.4) is 0 Å². The van der Waals surface area contributed by atoms with Gasteiger partial charge in [-0.2, -0.15) is 0 Å². The third-order valence-electron chi connectivity index (χ3n) is 4.72. The van der Waals surface area contributed by atoms with Crippen molar-refractivity contribution in [3.63, 3.8) is 0 Å². The molecule has 1 N–H and O–H groups in total. The van der Waals surface area contributed by atoms with Gasteiger partial charge in [0, 0.05) is 18.2 Å². The van der Waals surface area contributed by atoms with E-state index in [1.54, 1.807) is 0 Å². The highest BCUT2D eigenvalue weighted by molar-refractivity contribution is 6.00. The number of hydrogen-bond donors (Lipinski definition) is 1. The minimum absolute atomic E-state index is 0.574. The van der Waals surface area contributed by atoms with E-state index in [2.05, 4.69) is 36.9 Å². The molecule has 0 bridgehead atoms. The van der Waals surface area contributed by atoms with Crippen LogP contribution in [0.2, 0.25) is 0 Å². The van der Waals surface area contributed by atoms with Gasteiger partial charge < -0.3 is 4.90 Å². The van der Waals surface area contributed by atoms with Crippen LogP contribution in [0.25, 0.3) is 0 Å². The molecule has 90 valence electrons. The predicted molar refractivity (Wildman–Crippen MR) is 70.2 cm³/mol. The molecule has 2 heteroatoms. The minimum atomic E-state index is 0.574. The molecule has 1 aromatic rings. The molecular weight excluding hydrogens is 208 g/mol. The highest BCUT2D eigenvalue weighted by Crippen LogP contribution is 2.38. The Hall–Kier alpha value is -1.31. The van der Waals surface area contributed by atoms with Crippen molar-refractivity contribution in [3.8, 4) is 0 Å². The molecule has 0 spiro atoms. The lowest BCUT2D eigenvalue weighted by Gasteiger charge is -2.30. The van der Waals surface area contributed by atoms with Gasteiger partial charge in [-0.05, 0) is 30.2 Å². The first kappa shape index (κ1) is 10.8. The van der Waals surface area contributed by atoms with Crippen molar-refractivity contribution in [1.29, 1.82) is 5.41 Å². The van der Waals surface area contributed by atoms with E-state index in [1.165, 1.54) is 18.4 Å². The van der Waals surface area contributed by atoms with Crippen LogP contribution in [0.15, 0.2) is 24.3 Å². The quantitative estimate of drug-likeness (QED) is 0.784. The molecular formula is C15H20N2. The van der Waals surface area contributed by atoms with Crippen molar-refractivity contribution in [2.24, 2.45) is 11.8 Å². The van der Waals surface area contributed by atoms with E-state index >= 15 is 0 Å². The number of nitrogens with one attached hydrogen (secondary N) is 1. The molecule has 1 aliphatic heterocycles. The fraction of sp³-hybridized carbons (Fsp3) is 0.533. The number of rotatable bonds is 1. The molecule has 2 nitrogen and oxygen atoms in total. The third kappa shape index (κ3) is 1.58. The van der Waals surface area contributed by atoms with Gasteiger partial charge in [-0.25, -0.2) is 0 Å². The number of nitrogens with zero attached hydrogens (tertiary/aromatic N) is 1. The third-order valence-corrected chi connectivity index (χ3v) is 4.72. The van der Waals surface area contributed by atoms with Crippen LogP contribution >= 0.6 is 0 Å². The molecule has 3 unspecified atom stereocenters. The molecule has 0 saturated heterocycles. The molecule has 1 aromatic carbocycles. The van der Waals surface area contributed by atoms with Gasteiger partial charge >= 0.3 is 0 Å². The van der Waals surface area contributed by atoms with Crippen molar-refractivity contribution in [3.05, 3.63) is 35.4 Å². The van der Waals surface area contributed by atoms with Gasteiger partial charge in [-0.15, -0.1) is 0 Å². The molecule has 1 saturated carbocycles. The summed E-state index contributed by atoms with van der Waals surface area (Å²) in [7, 11) is 0. The number of benzene rings is 1. The summed E-state index contributed by atoms with van der Waals surface area (Å²) in [5, 5.41) is 8.33. The fourth-order valence-electron chi connectivity index (χ4n) is 3.37. The normalized spacial score (nSPS) is 32.0. The Labute approximate surface area is 103 Å². The van der Waals surface area contributed by atoms with E-state index in [1.807, 2.05) is 6.07 Å². The molecule has 3 atom stereocenters. The Bertz CT molecular complexity index is 452. The standard InChI is InChI=1S/C15H20N2/c1-10-7-8-14(11(10)2)17-9-12-5-3-4-6-13(12)15(17)16/h3-6,10-11,14,16H,7-9H2,1-2H3. The van der Waals surface area contributed by atoms with Crippen LogP contribution in [0.4, 0.5) is 0 Å². The Morgan fingerprint density at radius 3 is 2.59 bits per heavy atom. The van der Waals surface area contributed by atoms with E-state index in [0.29, 0.717) is 12.0 Å². The van der Waals surface area contributed by atoms with Crippen molar-refractivity contribution >= 4 is 5.84 Å². The molecule has 0 aromatic heterocycles. The Morgan fingerprint density at radius 1 is 1.18 bits per heavy atom. The summed E-state index contributed by atoms with van der Waals surface area (Å²) in [4.78, 5) is 2.32. The first-order valence-electron chi connectivity index (χ1n) is 6.62. The predicted octanol–water partition coefficient (Wildman–Crippen LogP) is 3.26. The maximum Gasteiger partial charge on any atom is 0.128 e. The summed E-state index contributed by atoms with van der Waals surface area (Å²) < 4.78 is 0. The second-order valence-corrected chi connectivity index (χ2v) is 5.61. The first-order chi connectivity index (χ1) is 8.18. The van der Waals surface area contributed by atoms with E-state index in [4.69, 9.17) is 5.41 Å². The number of fused-ring (bicyclic) bond motifs is 1. The summed E-state index contributed by atoms with van der Waals surface area (Å²) in [6, 6.07) is 8.94. The lowest BCUT2D eigenvalue weighted by atomic mass is 9.97. The molecule has 2 aliphatic rings. The van der Waals surface area contributed by atoms with Crippen LogP contribution in [0.1, 0.15) is 37.8 Å². The molecule has 1 heterocycles. The largest absolute Gasteiger partial charge is 0.349 e. The number of hydrogen-bond acceptors (Lipinski definition) is 1. The van der Waals surface area contributed by atoms with Gasteiger partial charge in [-0.1, -0.05) is 38.1 Å². The van der Waals surface area contributed by atoms with E-state index < -0.39 is 0 Å². The monoisotopic (exact) mass is 228 g/mol. The van der Waals surface area contributed by atoms with E-state index in [9.17, 15) is 0 Å². The first-order valence-corrected chi connectivity index (χ1v) is 6.62. The minimum Gasteiger partial charge on any atom is -0.349 e. The summed E-state index contributed by atoms with van der Waals surface area (Å²) in [5.74, 6) is 2.26. The summed E-state index contributed by atoms with van der Waals surface area (Å²) in [5.41, 5.74) is 2.46. The molecule has 17 heavy (non-hydrogen) atoms. The topological polar surface area (TPSA) is 27.1 Å². The Morgan fingerprint density at radius 2 is 1.94 bits per heavy atom. The van der Waals surface area contributed by atoms with Gasteiger partial charge in [0.25, 0.3) is 0 Å². The zero-order valence-corrected chi connectivity index (χ0v) is 10.6. The van der Waals surface area contributed by atoms with Crippen molar-refractivity contribution in [2.45, 2.75) is 39.3 Å². The highest BCUT2D eigenvalue weighted by atomic mass is 15.2. The Balaban J connectivity index is 1.87. The second-order valence-electron chi connectivity index (χ2n) is 5.61. The fourth-order valence-corrected chi connectivity index (χ4v) is 3.37. The molecule has 0 amide bonds. The van der Waals surface area contributed by atoms with Crippen LogP contribution in [0, 0.1) is 17.2 Å².